The Morgan fingerprint density at radius 1 is 1.00 bits per heavy atom. The van der Waals surface area contributed by atoms with Gasteiger partial charge in [-0.1, -0.05) is 18.2 Å². The van der Waals surface area contributed by atoms with E-state index in [0.717, 1.165) is 37.1 Å². The molecule has 1 N–H and O–H groups in total. The Kier molecular flexibility index (Phi) is 7.83. The van der Waals surface area contributed by atoms with Crippen LogP contribution in [0, 0.1) is 6.92 Å². The number of piperidine rings is 1. The number of nitrogens with one attached hydrogen (secondary N) is 1. The first-order valence-electron chi connectivity index (χ1n) is 10.1. The van der Waals surface area contributed by atoms with Gasteiger partial charge in [-0.2, -0.15) is 5.10 Å². The quantitative estimate of drug-likeness (QED) is 0.537. The molecule has 1 aliphatic rings. The van der Waals surface area contributed by atoms with Crippen molar-refractivity contribution in [2.24, 2.45) is 5.10 Å². The maximum absolute atomic E-state index is 12.1. The molecule has 1 fully saturated rings. The zero-order chi connectivity index (χ0) is 21.2. The van der Waals surface area contributed by atoms with E-state index >= 15 is 0 Å². The second kappa shape index (κ2) is 11.0. The molecular formula is C23H27N3O4. The topological polar surface area (TPSA) is 80.2 Å². The van der Waals surface area contributed by atoms with Gasteiger partial charge in [-0.3, -0.25) is 9.59 Å². The Morgan fingerprint density at radius 2 is 1.73 bits per heavy atom. The van der Waals surface area contributed by atoms with Gasteiger partial charge in [0.15, 0.2) is 13.2 Å². The Morgan fingerprint density at radius 3 is 2.47 bits per heavy atom. The van der Waals surface area contributed by atoms with E-state index in [-0.39, 0.29) is 25.0 Å². The number of benzene rings is 2. The molecule has 0 spiro atoms. The first-order chi connectivity index (χ1) is 14.6. The highest BCUT2D eigenvalue weighted by Crippen LogP contribution is 2.16. The van der Waals surface area contributed by atoms with Gasteiger partial charge in [0.05, 0.1) is 6.21 Å². The van der Waals surface area contributed by atoms with Crippen LogP contribution in [0.5, 0.6) is 11.5 Å². The molecule has 7 nitrogen and oxygen atoms in total. The van der Waals surface area contributed by atoms with E-state index in [1.54, 1.807) is 24.3 Å². The van der Waals surface area contributed by atoms with Crippen molar-refractivity contribution in [2.75, 3.05) is 26.3 Å². The van der Waals surface area contributed by atoms with Crippen LogP contribution in [0.3, 0.4) is 0 Å². The van der Waals surface area contributed by atoms with Crippen LogP contribution in [-0.4, -0.2) is 49.2 Å². The van der Waals surface area contributed by atoms with Gasteiger partial charge in [-0.15, -0.1) is 0 Å². The van der Waals surface area contributed by atoms with Crippen LogP contribution >= 0.6 is 0 Å². The summed E-state index contributed by atoms with van der Waals surface area (Å²) >= 11 is 0. The monoisotopic (exact) mass is 409 g/mol. The van der Waals surface area contributed by atoms with E-state index in [1.165, 1.54) is 12.6 Å². The third kappa shape index (κ3) is 6.62. The Hall–Kier alpha value is -3.35. The fourth-order valence-corrected chi connectivity index (χ4v) is 3.10. The van der Waals surface area contributed by atoms with Crippen LogP contribution in [-0.2, 0) is 9.59 Å². The van der Waals surface area contributed by atoms with E-state index in [1.807, 2.05) is 36.1 Å². The minimum Gasteiger partial charge on any atom is -0.484 e. The highest BCUT2D eigenvalue weighted by Gasteiger charge is 2.16. The maximum Gasteiger partial charge on any atom is 0.277 e. The van der Waals surface area contributed by atoms with Gasteiger partial charge >= 0.3 is 0 Å². The molecule has 0 radical (unpaired) electrons. The Labute approximate surface area is 176 Å². The minimum absolute atomic E-state index is 0.0240. The van der Waals surface area contributed by atoms with Crippen molar-refractivity contribution < 1.29 is 19.1 Å². The maximum atomic E-state index is 12.1. The van der Waals surface area contributed by atoms with Crippen molar-refractivity contribution in [3.63, 3.8) is 0 Å². The van der Waals surface area contributed by atoms with Crippen molar-refractivity contribution >= 4 is 18.0 Å². The molecule has 0 unspecified atom stereocenters. The van der Waals surface area contributed by atoms with Crippen molar-refractivity contribution in [3.8, 4) is 11.5 Å². The Bertz CT molecular complexity index is 874. The standard InChI is InChI=1S/C23H27N3O4/c1-18-7-3-4-8-21(18)30-16-22(27)25-24-15-19-9-11-20(12-10-19)29-17-23(28)26-13-5-2-6-14-26/h3-4,7-12,15H,2,5-6,13-14,16-17H2,1H3,(H,25,27)/b24-15-. The summed E-state index contributed by atoms with van der Waals surface area (Å²) in [6, 6.07) is 14.7. The number of hydrazone groups is 1. The molecule has 0 aromatic heterocycles. The molecule has 30 heavy (non-hydrogen) atoms. The number of rotatable bonds is 8. The number of carbonyl (C=O) groups excluding carboxylic acids is 2. The Balaban J connectivity index is 1.39. The summed E-state index contributed by atoms with van der Waals surface area (Å²) in [5.41, 5.74) is 4.20. The van der Waals surface area contributed by atoms with E-state index in [2.05, 4.69) is 10.5 Å². The SMILES string of the molecule is Cc1ccccc1OCC(=O)N/N=C\c1ccc(OCC(=O)N2CCCCC2)cc1. The number of hydrogen-bond donors (Lipinski definition) is 1. The van der Waals surface area contributed by atoms with Gasteiger partial charge in [0.2, 0.25) is 0 Å². The molecule has 0 aliphatic carbocycles. The lowest BCUT2D eigenvalue weighted by molar-refractivity contribution is -0.134. The summed E-state index contributed by atoms with van der Waals surface area (Å²) in [6.45, 7) is 3.49. The molecule has 2 aromatic carbocycles. The van der Waals surface area contributed by atoms with E-state index in [0.29, 0.717) is 11.5 Å². The third-order valence-electron chi connectivity index (χ3n) is 4.81. The van der Waals surface area contributed by atoms with E-state index in [4.69, 9.17) is 9.47 Å². The minimum atomic E-state index is -0.342. The summed E-state index contributed by atoms with van der Waals surface area (Å²) in [6.07, 6.45) is 4.85. The lowest BCUT2D eigenvalue weighted by Gasteiger charge is -2.26. The van der Waals surface area contributed by atoms with Gasteiger partial charge < -0.3 is 14.4 Å². The van der Waals surface area contributed by atoms with Crippen LogP contribution in [0.15, 0.2) is 53.6 Å². The number of amides is 2. The summed E-state index contributed by atoms with van der Waals surface area (Å²) in [5, 5.41) is 3.94. The van der Waals surface area contributed by atoms with Crippen LogP contribution in [0.2, 0.25) is 0 Å². The van der Waals surface area contributed by atoms with E-state index in [9.17, 15) is 9.59 Å². The largest absolute Gasteiger partial charge is 0.484 e. The lowest BCUT2D eigenvalue weighted by atomic mass is 10.1. The predicted octanol–water partition coefficient (Wildman–Crippen LogP) is 2.92. The van der Waals surface area contributed by atoms with Crippen LogP contribution < -0.4 is 14.9 Å². The molecule has 0 bridgehead atoms. The van der Waals surface area contributed by atoms with Crippen LogP contribution in [0.25, 0.3) is 0 Å². The number of hydrogen-bond acceptors (Lipinski definition) is 5. The molecule has 2 aromatic rings. The number of likely N-dealkylation sites (tertiary alicyclic amines) is 1. The first-order valence-corrected chi connectivity index (χ1v) is 10.1. The molecule has 2 amide bonds. The van der Waals surface area contributed by atoms with E-state index < -0.39 is 0 Å². The van der Waals surface area contributed by atoms with Crippen molar-refractivity contribution in [3.05, 3.63) is 59.7 Å². The highest BCUT2D eigenvalue weighted by atomic mass is 16.5. The van der Waals surface area contributed by atoms with Gasteiger partial charge in [-0.05, 0) is 67.6 Å². The first kappa shape index (κ1) is 21.4. The molecule has 3 rings (SSSR count). The third-order valence-corrected chi connectivity index (χ3v) is 4.81. The average Bonchev–Trinajstić information content (AvgIpc) is 2.78. The number of para-hydroxylation sites is 1. The molecule has 1 heterocycles. The molecule has 0 saturated carbocycles. The summed E-state index contributed by atoms with van der Waals surface area (Å²) < 4.78 is 11.1. The molecular weight excluding hydrogens is 382 g/mol. The van der Waals surface area contributed by atoms with Crippen molar-refractivity contribution in [2.45, 2.75) is 26.2 Å². The highest BCUT2D eigenvalue weighted by molar-refractivity contribution is 5.83. The molecule has 1 aliphatic heterocycles. The van der Waals surface area contributed by atoms with Crippen LogP contribution in [0.4, 0.5) is 0 Å². The predicted molar refractivity (Wildman–Crippen MR) is 115 cm³/mol. The van der Waals surface area contributed by atoms with Gasteiger partial charge in [0.1, 0.15) is 11.5 Å². The fraction of sp³-hybridized carbons (Fsp3) is 0.348. The fourth-order valence-electron chi connectivity index (χ4n) is 3.10. The second-order valence-electron chi connectivity index (χ2n) is 7.15. The summed E-state index contributed by atoms with van der Waals surface area (Å²) in [4.78, 5) is 25.8. The number of ether oxygens (including phenoxy) is 2. The van der Waals surface area contributed by atoms with Gasteiger partial charge in [0.25, 0.3) is 11.8 Å². The number of aryl methyl sites for hydroxylation is 1. The number of nitrogens with zero attached hydrogens (tertiary/aromatic N) is 2. The van der Waals surface area contributed by atoms with Crippen molar-refractivity contribution in [1.82, 2.24) is 10.3 Å². The molecule has 158 valence electrons. The molecule has 0 atom stereocenters. The van der Waals surface area contributed by atoms with Crippen molar-refractivity contribution in [1.29, 1.82) is 0 Å². The second-order valence-corrected chi connectivity index (χ2v) is 7.15. The zero-order valence-electron chi connectivity index (χ0n) is 17.2. The average molecular weight is 409 g/mol. The zero-order valence-corrected chi connectivity index (χ0v) is 17.2. The lowest BCUT2D eigenvalue weighted by Crippen LogP contribution is -2.38. The van der Waals surface area contributed by atoms with Crippen LogP contribution in [0.1, 0.15) is 30.4 Å². The van der Waals surface area contributed by atoms with Gasteiger partial charge in [0, 0.05) is 13.1 Å². The summed E-state index contributed by atoms with van der Waals surface area (Å²) in [5.74, 6) is 0.973. The summed E-state index contributed by atoms with van der Waals surface area (Å²) in [7, 11) is 0. The molecule has 1 saturated heterocycles. The molecule has 7 heteroatoms. The van der Waals surface area contributed by atoms with Gasteiger partial charge in [-0.25, -0.2) is 5.43 Å². The normalized spacial score (nSPS) is 13.8. The number of carbonyl (C=O) groups is 2. The smallest absolute Gasteiger partial charge is 0.277 e.